The average Bonchev–Trinajstić information content (AvgIpc) is 2.65. The fraction of sp³-hybridized carbons (Fsp3) is 0.412. The van der Waals surface area contributed by atoms with Gasteiger partial charge in [0.1, 0.15) is 11.6 Å². The topological polar surface area (TPSA) is 81.0 Å². The number of hydrogen-bond donors (Lipinski definition) is 0. The number of hydrogen-bond acceptors (Lipinski definition) is 6. The second-order valence-electron chi connectivity index (χ2n) is 5.03. The predicted octanol–water partition coefficient (Wildman–Crippen LogP) is 1.48. The van der Waals surface area contributed by atoms with Crippen molar-refractivity contribution in [3.8, 4) is 23.3 Å². The molecule has 7 heteroatoms. The largest absolute Gasteiger partial charge is 0.493 e. The first-order valence-electron chi connectivity index (χ1n) is 7.43. The Kier molecular flexibility index (Phi) is 6.04. The summed E-state index contributed by atoms with van der Waals surface area (Å²) in [7, 11) is 4.53. The van der Waals surface area contributed by atoms with E-state index in [0.29, 0.717) is 49.1 Å². The van der Waals surface area contributed by atoms with Gasteiger partial charge in [0.05, 0.1) is 34.5 Å². The summed E-state index contributed by atoms with van der Waals surface area (Å²) in [5.41, 5.74) is 0.661. The number of methoxy groups -OCH3 is 3. The maximum Gasteiger partial charge on any atom is 0.264 e. The van der Waals surface area contributed by atoms with Gasteiger partial charge in [0, 0.05) is 13.1 Å². The second kappa shape index (κ2) is 8.22. The highest BCUT2D eigenvalue weighted by Gasteiger charge is 2.21. The molecule has 1 aromatic carbocycles. The number of nitrogens with zero attached hydrogens (tertiary/aromatic N) is 2. The molecule has 1 fully saturated rings. The van der Waals surface area contributed by atoms with Crippen LogP contribution < -0.4 is 14.2 Å². The van der Waals surface area contributed by atoms with Gasteiger partial charge in [-0.25, -0.2) is 0 Å². The smallest absolute Gasteiger partial charge is 0.264 e. The Balaban J connectivity index is 2.36. The summed E-state index contributed by atoms with van der Waals surface area (Å²) in [6.45, 7) is 1.92. The Bertz CT molecular complexity index is 647. The third kappa shape index (κ3) is 3.78. The summed E-state index contributed by atoms with van der Waals surface area (Å²) in [5, 5.41) is 9.36. The number of amides is 1. The second-order valence-corrected chi connectivity index (χ2v) is 5.03. The van der Waals surface area contributed by atoms with Crippen LogP contribution in [0.3, 0.4) is 0 Å². The van der Waals surface area contributed by atoms with E-state index in [9.17, 15) is 10.1 Å². The normalized spacial score (nSPS) is 14.8. The summed E-state index contributed by atoms with van der Waals surface area (Å²) in [6.07, 6.45) is 1.52. The van der Waals surface area contributed by atoms with Crippen molar-refractivity contribution < 1.29 is 23.7 Å². The van der Waals surface area contributed by atoms with E-state index >= 15 is 0 Å². The molecule has 1 saturated heterocycles. The van der Waals surface area contributed by atoms with Gasteiger partial charge in [-0.1, -0.05) is 0 Å². The first-order chi connectivity index (χ1) is 11.6. The zero-order chi connectivity index (χ0) is 17.5. The van der Waals surface area contributed by atoms with E-state index in [1.807, 2.05) is 6.07 Å². The van der Waals surface area contributed by atoms with Crippen molar-refractivity contribution in [1.29, 1.82) is 5.26 Å². The molecule has 0 atom stereocenters. The molecule has 0 saturated carbocycles. The molecule has 1 aromatic rings. The summed E-state index contributed by atoms with van der Waals surface area (Å²) < 4.78 is 21.1. The number of morpholine rings is 1. The van der Waals surface area contributed by atoms with Crippen LogP contribution in [-0.2, 0) is 9.53 Å². The summed E-state index contributed by atoms with van der Waals surface area (Å²) >= 11 is 0. The van der Waals surface area contributed by atoms with E-state index in [-0.39, 0.29) is 11.5 Å². The standard InChI is InChI=1S/C17H20N2O5/c1-21-14-9-12(10-15(22-2)16(14)23-3)8-13(11-18)17(20)19-4-6-24-7-5-19/h8-10H,4-7H2,1-3H3/b13-8+. The first kappa shape index (κ1) is 17.6. The van der Waals surface area contributed by atoms with Gasteiger partial charge in [0.25, 0.3) is 5.91 Å². The van der Waals surface area contributed by atoms with Crippen molar-refractivity contribution >= 4 is 12.0 Å². The molecule has 2 rings (SSSR count). The van der Waals surface area contributed by atoms with E-state index in [1.54, 1.807) is 17.0 Å². The Morgan fingerprint density at radius 1 is 1.17 bits per heavy atom. The monoisotopic (exact) mass is 332 g/mol. The van der Waals surface area contributed by atoms with Crippen molar-refractivity contribution in [3.63, 3.8) is 0 Å². The molecule has 0 bridgehead atoms. The highest BCUT2D eigenvalue weighted by atomic mass is 16.5. The Labute approximate surface area is 141 Å². The molecule has 0 unspecified atom stereocenters. The van der Waals surface area contributed by atoms with Crippen LogP contribution in [0.5, 0.6) is 17.2 Å². The number of rotatable bonds is 5. The van der Waals surface area contributed by atoms with Crippen molar-refractivity contribution in [2.24, 2.45) is 0 Å². The highest BCUT2D eigenvalue weighted by molar-refractivity contribution is 6.01. The quantitative estimate of drug-likeness (QED) is 0.600. The van der Waals surface area contributed by atoms with Crippen LogP contribution in [0.1, 0.15) is 5.56 Å². The minimum atomic E-state index is -0.311. The lowest BCUT2D eigenvalue weighted by molar-refractivity contribution is -0.130. The van der Waals surface area contributed by atoms with Crippen molar-refractivity contribution in [3.05, 3.63) is 23.3 Å². The lowest BCUT2D eigenvalue weighted by Gasteiger charge is -2.26. The fourth-order valence-corrected chi connectivity index (χ4v) is 2.43. The van der Waals surface area contributed by atoms with Crippen LogP contribution in [0.4, 0.5) is 0 Å². The maximum absolute atomic E-state index is 12.5. The minimum absolute atomic E-state index is 0.0474. The average molecular weight is 332 g/mol. The number of ether oxygens (including phenoxy) is 4. The summed E-state index contributed by atoms with van der Waals surface area (Å²) in [6, 6.07) is 5.34. The van der Waals surface area contributed by atoms with Crippen molar-refractivity contribution in [1.82, 2.24) is 4.90 Å². The molecule has 128 valence electrons. The van der Waals surface area contributed by atoms with Gasteiger partial charge < -0.3 is 23.8 Å². The SMILES string of the molecule is COc1cc(/C=C(\C#N)C(=O)N2CCOCC2)cc(OC)c1OC. The van der Waals surface area contributed by atoms with Gasteiger partial charge in [-0.05, 0) is 23.8 Å². The molecule has 1 aliphatic heterocycles. The lowest BCUT2D eigenvalue weighted by Crippen LogP contribution is -2.41. The molecule has 1 amide bonds. The Hall–Kier alpha value is -2.72. The summed E-state index contributed by atoms with van der Waals surface area (Å²) in [5.74, 6) is 1.06. The molecular weight excluding hydrogens is 312 g/mol. The molecule has 1 aliphatic rings. The molecular formula is C17H20N2O5. The summed E-state index contributed by atoms with van der Waals surface area (Å²) in [4.78, 5) is 14.1. The van der Waals surface area contributed by atoms with Gasteiger partial charge in [0.2, 0.25) is 5.75 Å². The zero-order valence-electron chi connectivity index (χ0n) is 14.0. The number of carbonyl (C=O) groups excluding carboxylic acids is 1. The molecule has 1 heterocycles. The van der Waals surface area contributed by atoms with E-state index < -0.39 is 0 Å². The van der Waals surface area contributed by atoms with Gasteiger partial charge >= 0.3 is 0 Å². The highest BCUT2D eigenvalue weighted by Crippen LogP contribution is 2.38. The maximum atomic E-state index is 12.5. The molecule has 0 spiro atoms. The van der Waals surface area contributed by atoms with Crippen LogP contribution in [-0.4, -0.2) is 58.4 Å². The van der Waals surface area contributed by atoms with Crippen LogP contribution in [0, 0.1) is 11.3 Å². The Morgan fingerprint density at radius 2 is 1.75 bits per heavy atom. The number of nitriles is 1. The predicted molar refractivity (Wildman–Crippen MR) is 87.1 cm³/mol. The molecule has 0 aromatic heterocycles. The van der Waals surface area contributed by atoms with Gasteiger partial charge in [-0.15, -0.1) is 0 Å². The minimum Gasteiger partial charge on any atom is -0.493 e. The van der Waals surface area contributed by atoms with E-state index in [2.05, 4.69) is 0 Å². The van der Waals surface area contributed by atoms with Gasteiger partial charge in [-0.3, -0.25) is 4.79 Å². The van der Waals surface area contributed by atoms with Crippen LogP contribution in [0.2, 0.25) is 0 Å². The Morgan fingerprint density at radius 3 is 2.21 bits per heavy atom. The molecule has 24 heavy (non-hydrogen) atoms. The third-order valence-electron chi connectivity index (χ3n) is 3.65. The fourth-order valence-electron chi connectivity index (χ4n) is 2.43. The third-order valence-corrected chi connectivity index (χ3v) is 3.65. The molecule has 0 N–H and O–H groups in total. The van der Waals surface area contributed by atoms with Crippen molar-refractivity contribution in [2.75, 3.05) is 47.6 Å². The van der Waals surface area contributed by atoms with Gasteiger partial charge in [-0.2, -0.15) is 5.26 Å². The van der Waals surface area contributed by atoms with Crippen LogP contribution in [0.25, 0.3) is 6.08 Å². The molecule has 0 aliphatic carbocycles. The van der Waals surface area contributed by atoms with E-state index in [0.717, 1.165) is 0 Å². The number of carbonyl (C=O) groups is 1. The van der Waals surface area contributed by atoms with E-state index in [1.165, 1.54) is 27.4 Å². The molecule has 7 nitrogen and oxygen atoms in total. The number of benzene rings is 1. The van der Waals surface area contributed by atoms with Crippen LogP contribution >= 0.6 is 0 Å². The zero-order valence-corrected chi connectivity index (χ0v) is 14.0. The lowest BCUT2D eigenvalue weighted by atomic mass is 10.1. The van der Waals surface area contributed by atoms with Crippen LogP contribution in [0.15, 0.2) is 17.7 Å². The molecule has 0 radical (unpaired) electrons. The van der Waals surface area contributed by atoms with Gasteiger partial charge in [0.15, 0.2) is 11.5 Å². The van der Waals surface area contributed by atoms with Crippen molar-refractivity contribution in [2.45, 2.75) is 0 Å². The van der Waals surface area contributed by atoms with E-state index in [4.69, 9.17) is 18.9 Å². The first-order valence-corrected chi connectivity index (χ1v) is 7.43.